The van der Waals surface area contributed by atoms with E-state index in [-0.39, 0.29) is 17.9 Å². The molecule has 6 nitrogen and oxygen atoms in total. The number of benzene rings is 2. The molecule has 1 amide bonds. The van der Waals surface area contributed by atoms with Crippen molar-refractivity contribution in [3.05, 3.63) is 70.9 Å². The fraction of sp³-hybridized carbons (Fsp3) is 0.190. The third-order valence-corrected chi connectivity index (χ3v) is 5.39. The summed E-state index contributed by atoms with van der Waals surface area (Å²) in [5, 5.41) is 7.46. The lowest BCUT2D eigenvalue weighted by molar-refractivity contribution is -0.116. The van der Waals surface area contributed by atoms with Crippen LogP contribution in [0, 0.1) is 18.6 Å². The molecule has 2 aromatic carbocycles. The number of aromatic nitrogens is 4. The molecule has 4 aromatic rings. The number of amides is 1. The first-order chi connectivity index (χ1) is 13.9. The van der Waals surface area contributed by atoms with Crippen LogP contribution in [0.1, 0.15) is 29.2 Å². The van der Waals surface area contributed by atoms with Crippen molar-refractivity contribution in [2.75, 3.05) is 5.32 Å². The van der Waals surface area contributed by atoms with Gasteiger partial charge in [-0.3, -0.25) is 4.79 Å². The molecular weight excluding hydrogens is 376 g/mol. The molecule has 5 rings (SSSR count). The number of hydrogen-bond acceptors (Lipinski definition) is 3. The molecule has 1 atom stereocenters. The molecule has 0 saturated heterocycles. The highest BCUT2D eigenvalue weighted by Gasteiger charge is 2.34. The summed E-state index contributed by atoms with van der Waals surface area (Å²) in [5.41, 5.74) is 3.36. The number of carbonyl (C=O) groups excluding carboxylic acids is 1. The number of fused-ring (bicyclic) bond motifs is 2. The average molecular weight is 393 g/mol. The molecule has 0 spiro atoms. The zero-order chi connectivity index (χ0) is 20.3. The minimum atomic E-state index is -0.675. The molecule has 1 aliphatic heterocycles. The van der Waals surface area contributed by atoms with Gasteiger partial charge in [0.1, 0.15) is 17.5 Å². The van der Waals surface area contributed by atoms with Gasteiger partial charge in [-0.05, 0) is 30.7 Å². The van der Waals surface area contributed by atoms with Crippen LogP contribution in [0.25, 0.3) is 17.0 Å². The molecule has 0 radical (unpaired) electrons. The first-order valence-corrected chi connectivity index (χ1v) is 9.20. The van der Waals surface area contributed by atoms with Gasteiger partial charge < -0.3 is 9.88 Å². The lowest BCUT2D eigenvalue weighted by Gasteiger charge is -2.24. The standard InChI is InChI=1S/C21H17F2N5O/c1-11-19-14(13-8-7-12(22)9-15(13)23)10-18(29)25-20(19)28(26-11)21-24-16-5-3-4-6-17(16)27(21)2/h3-9,14H,10H2,1-2H3,(H,25,29). The molecule has 0 bridgehead atoms. The smallest absolute Gasteiger partial charge is 0.233 e. The molecule has 29 heavy (non-hydrogen) atoms. The largest absolute Gasteiger partial charge is 0.311 e. The van der Waals surface area contributed by atoms with Crippen molar-refractivity contribution in [3.8, 4) is 5.95 Å². The Labute approximate surface area is 164 Å². The molecule has 8 heteroatoms. The maximum atomic E-state index is 14.5. The van der Waals surface area contributed by atoms with Crippen molar-refractivity contribution < 1.29 is 13.6 Å². The van der Waals surface area contributed by atoms with Gasteiger partial charge in [0.2, 0.25) is 11.9 Å². The molecule has 1 unspecified atom stereocenters. The molecule has 0 saturated carbocycles. The highest BCUT2D eigenvalue weighted by molar-refractivity contribution is 5.95. The Morgan fingerprint density at radius 1 is 1.17 bits per heavy atom. The third kappa shape index (κ3) is 2.63. The summed E-state index contributed by atoms with van der Waals surface area (Å²) in [6.45, 7) is 1.81. The number of para-hydroxylation sites is 2. The molecule has 0 aliphatic carbocycles. The minimum absolute atomic E-state index is 0.0601. The van der Waals surface area contributed by atoms with E-state index in [1.54, 1.807) is 4.68 Å². The highest BCUT2D eigenvalue weighted by atomic mass is 19.1. The van der Waals surface area contributed by atoms with Crippen molar-refractivity contribution in [3.63, 3.8) is 0 Å². The number of anilines is 1. The number of carbonyl (C=O) groups is 1. The summed E-state index contributed by atoms with van der Waals surface area (Å²) < 4.78 is 31.4. The predicted octanol–water partition coefficient (Wildman–Crippen LogP) is 3.82. The fourth-order valence-electron chi connectivity index (χ4n) is 4.06. The Hall–Kier alpha value is -3.55. The molecular formula is C21H17F2N5O. The molecule has 1 aliphatic rings. The maximum absolute atomic E-state index is 14.5. The SMILES string of the molecule is Cc1nn(-c2nc3ccccc3n2C)c2c1C(c1ccc(F)cc1F)CC(=O)N2. The van der Waals surface area contributed by atoms with Crippen LogP contribution in [-0.4, -0.2) is 25.2 Å². The average Bonchev–Trinajstić information content (AvgIpc) is 3.19. The quantitative estimate of drug-likeness (QED) is 0.563. The van der Waals surface area contributed by atoms with Crippen LogP contribution in [0.15, 0.2) is 42.5 Å². The van der Waals surface area contributed by atoms with Gasteiger partial charge in [-0.1, -0.05) is 18.2 Å². The van der Waals surface area contributed by atoms with Gasteiger partial charge in [-0.15, -0.1) is 0 Å². The van der Waals surface area contributed by atoms with Gasteiger partial charge in [0, 0.05) is 31.0 Å². The molecule has 146 valence electrons. The van der Waals surface area contributed by atoms with Crippen LogP contribution in [0.5, 0.6) is 0 Å². The van der Waals surface area contributed by atoms with E-state index >= 15 is 0 Å². The summed E-state index contributed by atoms with van der Waals surface area (Å²) in [6.07, 6.45) is 0.0601. The Bertz CT molecular complexity index is 1290. The summed E-state index contributed by atoms with van der Waals surface area (Å²) >= 11 is 0. The van der Waals surface area contributed by atoms with Crippen molar-refractivity contribution in [2.24, 2.45) is 7.05 Å². The Balaban J connectivity index is 1.72. The lowest BCUT2D eigenvalue weighted by atomic mass is 9.85. The van der Waals surface area contributed by atoms with E-state index < -0.39 is 17.6 Å². The van der Waals surface area contributed by atoms with E-state index in [2.05, 4.69) is 15.4 Å². The lowest BCUT2D eigenvalue weighted by Crippen LogP contribution is -2.25. The number of rotatable bonds is 2. The van der Waals surface area contributed by atoms with E-state index in [0.29, 0.717) is 23.0 Å². The summed E-state index contributed by atoms with van der Waals surface area (Å²) in [5.74, 6) is -1.14. The Kier molecular flexibility index (Phi) is 3.77. The molecule has 2 aromatic heterocycles. The first kappa shape index (κ1) is 17.5. The van der Waals surface area contributed by atoms with E-state index in [4.69, 9.17) is 0 Å². The van der Waals surface area contributed by atoms with Crippen molar-refractivity contribution in [1.29, 1.82) is 0 Å². The van der Waals surface area contributed by atoms with Crippen LogP contribution in [0.2, 0.25) is 0 Å². The number of imidazole rings is 1. The summed E-state index contributed by atoms with van der Waals surface area (Å²) in [4.78, 5) is 17.1. The van der Waals surface area contributed by atoms with E-state index in [9.17, 15) is 13.6 Å². The van der Waals surface area contributed by atoms with Crippen molar-refractivity contribution in [1.82, 2.24) is 19.3 Å². The van der Waals surface area contributed by atoms with Gasteiger partial charge in [-0.25, -0.2) is 13.8 Å². The zero-order valence-electron chi connectivity index (χ0n) is 15.8. The second kappa shape index (κ2) is 6.23. The molecule has 1 N–H and O–H groups in total. The van der Waals surface area contributed by atoms with E-state index in [1.807, 2.05) is 42.8 Å². The van der Waals surface area contributed by atoms with Crippen LogP contribution < -0.4 is 5.32 Å². The van der Waals surface area contributed by atoms with Crippen LogP contribution in [0.4, 0.5) is 14.6 Å². The van der Waals surface area contributed by atoms with Gasteiger partial charge in [0.15, 0.2) is 0 Å². The molecule has 0 fully saturated rings. The highest BCUT2D eigenvalue weighted by Crippen LogP contribution is 2.41. The third-order valence-electron chi connectivity index (χ3n) is 5.39. The van der Waals surface area contributed by atoms with Gasteiger partial charge in [0.05, 0.1) is 16.7 Å². The van der Waals surface area contributed by atoms with E-state index in [1.165, 1.54) is 12.1 Å². The van der Waals surface area contributed by atoms with Crippen LogP contribution in [-0.2, 0) is 11.8 Å². The monoisotopic (exact) mass is 393 g/mol. The van der Waals surface area contributed by atoms with Gasteiger partial charge in [0.25, 0.3) is 0 Å². The molecule has 3 heterocycles. The van der Waals surface area contributed by atoms with Gasteiger partial charge >= 0.3 is 0 Å². The number of nitrogens with zero attached hydrogens (tertiary/aromatic N) is 4. The Morgan fingerprint density at radius 3 is 2.72 bits per heavy atom. The number of aryl methyl sites for hydroxylation is 2. The topological polar surface area (TPSA) is 64.7 Å². The number of nitrogens with one attached hydrogen (secondary N) is 1. The number of halogens is 2. The van der Waals surface area contributed by atoms with Crippen molar-refractivity contribution in [2.45, 2.75) is 19.3 Å². The number of hydrogen-bond donors (Lipinski definition) is 1. The minimum Gasteiger partial charge on any atom is -0.311 e. The zero-order valence-corrected chi connectivity index (χ0v) is 15.8. The maximum Gasteiger partial charge on any atom is 0.233 e. The Morgan fingerprint density at radius 2 is 1.97 bits per heavy atom. The van der Waals surface area contributed by atoms with Crippen molar-refractivity contribution >= 4 is 22.8 Å². The second-order valence-corrected chi connectivity index (χ2v) is 7.19. The fourth-order valence-corrected chi connectivity index (χ4v) is 4.06. The first-order valence-electron chi connectivity index (χ1n) is 9.20. The van der Waals surface area contributed by atoms with Crippen LogP contribution in [0.3, 0.4) is 0 Å². The van der Waals surface area contributed by atoms with Crippen LogP contribution >= 0.6 is 0 Å². The predicted molar refractivity (Wildman–Crippen MR) is 104 cm³/mol. The van der Waals surface area contributed by atoms with Gasteiger partial charge in [-0.2, -0.15) is 9.78 Å². The summed E-state index contributed by atoms with van der Waals surface area (Å²) in [6, 6.07) is 11.1. The van der Waals surface area contributed by atoms with E-state index in [0.717, 1.165) is 17.1 Å². The second-order valence-electron chi connectivity index (χ2n) is 7.19. The summed E-state index contributed by atoms with van der Waals surface area (Å²) in [7, 11) is 1.87. The normalized spacial score (nSPS) is 16.1.